The van der Waals surface area contributed by atoms with Gasteiger partial charge in [-0.2, -0.15) is 0 Å². The van der Waals surface area contributed by atoms with Crippen molar-refractivity contribution in [2.45, 2.75) is 52.4 Å². The zero-order valence-corrected chi connectivity index (χ0v) is 18.7. The number of rotatable bonds is 4. The zero-order valence-electron chi connectivity index (χ0n) is 17.9. The first kappa shape index (κ1) is 19.5. The molecule has 4 aromatic rings. The topological polar surface area (TPSA) is 79.6 Å². The van der Waals surface area contributed by atoms with E-state index in [2.05, 4.69) is 57.5 Å². The Kier molecular flexibility index (Phi) is 4.95. The third-order valence-corrected chi connectivity index (χ3v) is 6.95. The van der Waals surface area contributed by atoms with Crippen molar-refractivity contribution in [3.05, 3.63) is 41.0 Å². The van der Waals surface area contributed by atoms with Crippen molar-refractivity contribution in [2.24, 2.45) is 0 Å². The van der Waals surface area contributed by atoms with E-state index in [0.717, 1.165) is 53.6 Å². The fourth-order valence-corrected chi connectivity index (χ4v) is 5.66. The van der Waals surface area contributed by atoms with Crippen LogP contribution in [-0.4, -0.2) is 33.3 Å². The molecule has 156 valence electrons. The van der Waals surface area contributed by atoms with Crippen LogP contribution in [0, 0.1) is 13.8 Å². The highest BCUT2D eigenvalue weighted by molar-refractivity contribution is 7.22. The van der Waals surface area contributed by atoms with Crippen LogP contribution in [-0.2, 0) is 0 Å². The molecule has 2 N–H and O–H groups in total. The van der Waals surface area contributed by atoms with Crippen LogP contribution in [0.25, 0.3) is 32.2 Å². The van der Waals surface area contributed by atoms with Crippen LogP contribution >= 0.6 is 11.3 Å². The molecule has 1 fully saturated rings. The Morgan fingerprint density at radius 1 is 1.07 bits per heavy atom. The number of pyridine rings is 1. The third-order valence-electron chi connectivity index (χ3n) is 5.79. The van der Waals surface area contributed by atoms with Crippen LogP contribution in [0.2, 0.25) is 0 Å². The number of hydrogen-bond donors (Lipinski definition) is 2. The minimum Gasteiger partial charge on any atom is -0.420 e. The second kappa shape index (κ2) is 7.63. The van der Waals surface area contributed by atoms with Gasteiger partial charge < -0.3 is 14.7 Å². The summed E-state index contributed by atoms with van der Waals surface area (Å²) in [5.41, 5.74) is 6.92. The number of hydrogen-bond acceptors (Lipinski definition) is 6. The van der Waals surface area contributed by atoms with Gasteiger partial charge in [0.15, 0.2) is 0 Å². The highest BCUT2D eigenvalue weighted by Crippen LogP contribution is 2.42. The van der Waals surface area contributed by atoms with Crippen molar-refractivity contribution < 1.29 is 4.42 Å². The Balaban J connectivity index is 1.54. The molecule has 5 heterocycles. The number of nitrogens with one attached hydrogen (secondary N) is 2. The molecule has 0 aromatic carbocycles. The summed E-state index contributed by atoms with van der Waals surface area (Å²) in [6.07, 6.45) is 2.11. The summed E-state index contributed by atoms with van der Waals surface area (Å²) in [7, 11) is 0. The predicted octanol–water partition coefficient (Wildman–Crippen LogP) is 5.55. The number of fused-ring (bicyclic) bond motifs is 1. The van der Waals surface area contributed by atoms with Crippen LogP contribution in [0.1, 0.15) is 61.4 Å². The Morgan fingerprint density at radius 2 is 1.80 bits per heavy atom. The lowest BCUT2D eigenvalue weighted by molar-refractivity contribution is 0.378. The Hall–Kier alpha value is -2.51. The summed E-state index contributed by atoms with van der Waals surface area (Å²) in [5.74, 6) is 2.16. The first-order valence-corrected chi connectivity index (χ1v) is 11.5. The maximum absolute atomic E-state index is 6.09. The van der Waals surface area contributed by atoms with Crippen LogP contribution < -0.4 is 5.32 Å². The maximum atomic E-state index is 6.09. The summed E-state index contributed by atoms with van der Waals surface area (Å²) in [5, 5.41) is 12.1. The first-order chi connectivity index (χ1) is 14.5. The maximum Gasteiger partial charge on any atom is 0.257 e. The number of aromatic nitrogens is 4. The summed E-state index contributed by atoms with van der Waals surface area (Å²) in [6, 6.07) is 6.45. The molecule has 1 saturated heterocycles. The number of aromatic amines is 1. The average molecular weight is 422 g/mol. The molecule has 1 aliphatic rings. The summed E-state index contributed by atoms with van der Waals surface area (Å²) < 4.78 is 7.36. The highest BCUT2D eigenvalue weighted by Gasteiger charge is 2.24. The van der Waals surface area contributed by atoms with Crippen molar-refractivity contribution in [3.8, 4) is 22.0 Å². The van der Waals surface area contributed by atoms with Crippen molar-refractivity contribution in [1.29, 1.82) is 0 Å². The molecule has 6 nitrogen and oxygen atoms in total. The van der Waals surface area contributed by atoms with Crippen molar-refractivity contribution in [1.82, 2.24) is 25.5 Å². The van der Waals surface area contributed by atoms with E-state index in [0.29, 0.717) is 17.7 Å². The Morgan fingerprint density at radius 3 is 2.50 bits per heavy atom. The molecular formula is C23H27N5OS. The standard InChI is InChI=1S/C23H27N5OS/c1-12(2)19-20(16-9-13(3)25-14(4)10-16)26-17-11-18(30-21(17)19)23-28-27-22(29-23)15-5-7-24-8-6-15/h9-12,15,24,26H,5-8H2,1-4H3. The smallest absolute Gasteiger partial charge is 0.257 e. The lowest BCUT2D eigenvalue weighted by atomic mass is 9.98. The predicted molar refractivity (Wildman–Crippen MR) is 121 cm³/mol. The molecule has 5 rings (SSSR count). The third kappa shape index (κ3) is 3.46. The van der Waals surface area contributed by atoms with E-state index in [-0.39, 0.29) is 0 Å². The normalized spacial score (nSPS) is 15.5. The van der Waals surface area contributed by atoms with Gasteiger partial charge in [0, 0.05) is 22.9 Å². The van der Waals surface area contributed by atoms with Gasteiger partial charge in [-0.1, -0.05) is 13.8 Å². The van der Waals surface area contributed by atoms with Crippen LogP contribution in [0.5, 0.6) is 0 Å². The molecule has 30 heavy (non-hydrogen) atoms. The number of aryl methyl sites for hydroxylation is 2. The minimum absolute atomic E-state index is 0.369. The number of piperidine rings is 1. The van der Waals surface area contributed by atoms with E-state index in [1.165, 1.54) is 21.5 Å². The van der Waals surface area contributed by atoms with E-state index in [4.69, 9.17) is 4.42 Å². The molecule has 0 amide bonds. The number of nitrogens with zero attached hydrogens (tertiary/aromatic N) is 3. The monoisotopic (exact) mass is 421 g/mol. The average Bonchev–Trinajstić information content (AvgIpc) is 3.41. The van der Waals surface area contributed by atoms with Gasteiger partial charge in [-0.25, -0.2) is 0 Å². The summed E-state index contributed by atoms with van der Waals surface area (Å²) >= 11 is 1.73. The van der Waals surface area contributed by atoms with Crippen molar-refractivity contribution in [2.75, 3.05) is 13.1 Å². The van der Waals surface area contributed by atoms with E-state index < -0.39 is 0 Å². The lowest BCUT2D eigenvalue weighted by Crippen LogP contribution is -2.26. The second-order valence-electron chi connectivity index (χ2n) is 8.53. The highest BCUT2D eigenvalue weighted by atomic mass is 32.1. The van der Waals surface area contributed by atoms with Gasteiger partial charge in [0.2, 0.25) is 5.89 Å². The SMILES string of the molecule is Cc1cc(-c2[nH]c3cc(-c4nnc(C5CCNCC5)o4)sc3c2C(C)C)cc(C)n1. The van der Waals surface area contributed by atoms with Gasteiger partial charge in [0.1, 0.15) is 0 Å². The fraction of sp³-hybridized carbons (Fsp3) is 0.435. The van der Waals surface area contributed by atoms with Crippen LogP contribution in [0.4, 0.5) is 0 Å². The van der Waals surface area contributed by atoms with Crippen LogP contribution in [0.15, 0.2) is 22.6 Å². The molecule has 0 atom stereocenters. The molecule has 0 aliphatic carbocycles. The van der Waals surface area contributed by atoms with Crippen molar-refractivity contribution in [3.63, 3.8) is 0 Å². The van der Waals surface area contributed by atoms with Gasteiger partial charge in [-0.3, -0.25) is 4.98 Å². The molecular weight excluding hydrogens is 394 g/mol. The molecule has 7 heteroatoms. The largest absolute Gasteiger partial charge is 0.420 e. The van der Waals surface area contributed by atoms with E-state index in [1.807, 2.05) is 13.8 Å². The van der Waals surface area contributed by atoms with Crippen LogP contribution in [0.3, 0.4) is 0 Å². The molecule has 1 aliphatic heterocycles. The van der Waals surface area contributed by atoms with Gasteiger partial charge in [-0.05, 0) is 69.5 Å². The molecule has 4 aromatic heterocycles. The van der Waals surface area contributed by atoms with E-state index in [1.54, 1.807) is 11.3 Å². The molecule has 0 spiro atoms. The fourth-order valence-electron chi connectivity index (χ4n) is 4.43. The molecule has 0 bridgehead atoms. The summed E-state index contributed by atoms with van der Waals surface area (Å²) in [4.78, 5) is 9.22. The zero-order chi connectivity index (χ0) is 20.8. The van der Waals surface area contributed by atoms with E-state index in [9.17, 15) is 0 Å². The number of H-pyrrole nitrogens is 1. The van der Waals surface area contributed by atoms with Gasteiger partial charge in [-0.15, -0.1) is 21.5 Å². The molecule has 0 saturated carbocycles. The Labute approximate surface area is 180 Å². The van der Waals surface area contributed by atoms with Gasteiger partial charge >= 0.3 is 0 Å². The number of thiophene rings is 1. The quantitative estimate of drug-likeness (QED) is 0.452. The van der Waals surface area contributed by atoms with E-state index >= 15 is 0 Å². The van der Waals surface area contributed by atoms with Crippen molar-refractivity contribution >= 4 is 21.6 Å². The van der Waals surface area contributed by atoms with Gasteiger partial charge in [0.25, 0.3) is 5.89 Å². The molecule has 0 unspecified atom stereocenters. The molecule has 0 radical (unpaired) electrons. The summed E-state index contributed by atoms with van der Waals surface area (Å²) in [6.45, 7) is 10.6. The minimum atomic E-state index is 0.369. The Bertz CT molecular complexity index is 1180. The van der Waals surface area contributed by atoms with Gasteiger partial charge in [0.05, 0.1) is 20.8 Å². The second-order valence-corrected chi connectivity index (χ2v) is 9.58. The lowest BCUT2D eigenvalue weighted by Gasteiger charge is -2.18. The first-order valence-electron chi connectivity index (χ1n) is 10.6.